The molecule has 1 N–H and O–H groups in total. The summed E-state index contributed by atoms with van der Waals surface area (Å²) >= 11 is 0. The van der Waals surface area contributed by atoms with Gasteiger partial charge in [0.25, 0.3) is 0 Å². The molecule has 1 heterocycles. The van der Waals surface area contributed by atoms with Crippen LogP contribution < -0.4 is 5.32 Å². The van der Waals surface area contributed by atoms with Crippen LogP contribution in [0.4, 0.5) is 0 Å². The van der Waals surface area contributed by atoms with Crippen LogP contribution >= 0.6 is 0 Å². The molecule has 1 aliphatic heterocycles. The van der Waals surface area contributed by atoms with Crippen molar-refractivity contribution in [2.75, 3.05) is 0 Å². The van der Waals surface area contributed by atoms with Gasteiger partial charge in [0.1, 0.15) is 6.04 Å². The topological polar surface area (TPSA) is 66.5 Å². The normalized spacial score (nSPS) is 36.3. The average Bonchev–Trinajstić information content (AvgIpc) is 3.26. The molecule has 3 fully saturated rings. The van der Waals surface area contributed by atoms with Crippen molar-refractivity contribution in [3.05, 3.63) is 12.2 Å². The summed E-state index contributed by atoms with van der Waals surface area (Å²) in [6.45, 7) is 1.88. The molecule has 5 unspecified atom stereocenters. The van der Waals surface area contributed by atoms with E-state index in [1.807, 2.05) is 6.92 Å². The molecule has 5 atom stereocenters. The highest BCUT2D eigenvalue weighted by Gasteiger charge is 2.60. The molecule has 3 aliphatic carbocycles. The van der Waals surface area contributed by atoms with Gasteiger partial charge in [0.05, 0.1) is 11.8 Å². The van der Waals surface area contributed by atoms with E-state index < -0.39 is 6.04 Å². The third-order valence-corrected chi connectivity index (χ3v) is 6.46. The minimum Gasteiger partial charge on any atom is -0.352 e. The second-order valence-electron chi connectivity index (χ2n) is 7.81. The number of allylic oxidation sites excluding steroid dienone is 2. The Labute approximate surface area is 142 Å². The van der Waals surface area contributed by atoms with Crippen LogP contribution in [-0.4, -0.2) is 34.7 Å². The number of fused-ring (bicyclic) bond motifs is 5. The maximum atomic E-state index is 12.9. The Morgan fingerprint density at radius 1 is 1.12 bits per heavy atom. The third-order valence-electron chi connectivity index (χ3n) is 6.46. The summed E-state index contributed by atoms with van der Waals surface area (Å²) in [6.07, 6.45) is 11.1. The Bertz CT molecular complexity index is 563. The monoisotopic (exact) mass is 330 g/mol. The molecule has 130 valence electrons. The Morgan fingerprint density at radius 3 is 2.25 bits per heavy atom. The van der Waals surface area contributed by atoms with Gasteiger partial charge in [-0.15, -0.1) is 0 Å². The van der Waals surface area contributed by atoms with Crippen LogP contribution in [0.25, 0.3) is 0 Å². The molecule has 5 heteroatoms. The van der Waals surface area contributed by atoms with Gasteiger partial charge in [0, 0.05) is 6.04 Å². The lowest BCUT2D eigenvalue weighted by Crippen LogP contribution is -2.52. The van der Waals surface area contributed by atoms with E-state index in [0.717, 1.165) is 32.1 Å². The van der Waals surface area contributed by atoms with E-state index >= 15 is 0 Å². The molecule has 5 nitrogen and oxygen atoms in total. The smallest absolute Gasteiger partial charge is 0.243 e. The predicted molar refractivity (Wildman–Crippen MR) is 88.7 cm³/mol. The molecule has 2 saturated carbocycles. The fourth-order valence-corrected chi connectivity index (χ4v) is 5.26. The average molecular weight is 330 g/mol. The van der Waals surface area contributed by atoms with Gasteiger partial charge >= 0.3 is 0 Å². The van der Waals surface area contributed by atoms with Gasteiger partial charge in [-0.1, -0.05) is 38.3 Å². The maximum Gasteiger partial charge on any atom is 0.243 e. The quantitative estimate of drug-likeness (QED) is 0.633. The van der Waals surface area contributed by atoms with Crippen LogP contribution in [0.3, 0.4) is 0 Å². The van der Waals surface area contributed by atoms with Gasteiger partial charge in [-0.25, -0.2) is 0 Å². The minimum atomic E-state index is -0.642. The summed E-state index contributed by atoms with van der Waals surface area (Å²) in [5.41, 5.74) is 0. The highest BCUT2D eigenvalue weighted by molar-refractivity contribution is 6.09. The Balaban J connectivity index is 1.50. The molecule has 4 rings (SSSR count). The van der Waals surface area contributed by atoms with Crippen LogP contribution in [0.5, 0.6) is 0 Å². The first-order valence-corrected chi connectivity index (χ1v) is 9.47. The second kappa shape index (κ2) is 6.01. The number of imide groups is 1. The molecule has 0 spiro atoms. The summed E-state index contributed by atoms with van der Waals surface area (Å²) < 4.78 is 0. The van der Waals surface area contributed by atoms with Gasteiger partial charge < -0.3 is 5.32 Å². The summed E-state index contributed by atoms with van der Waals surface area (Å²) in [6, 6.07) is -0.442. The van der Waals surface area contributed by atoms with Gasteiger partial charge in [-0.05, 0) is 37.5 Å². The van der Waals surface area contributed by atoms with Gasteiger partial charge in [-0.2, -0.15) is 0 Å². The third kappa shape index (κ3) is 2.32. The van der Waals surface area contributed by atoms with Crippen molar-refractivity contribution in [1.29, 1.82) is 0 Å². The van der Waals surface area contributed by atoms with Crippen LogP contribution in [0.2, 0.25) is 0 Å². The molecule has 3 amide bonds. The van der Waals surface area contributed by atoms with E-state index in [2.05, 4.69) is 17.5 Å². The number of carbonyl (C=O) groups excluding carboxylic acids is 3. The summed E-state index contributed by atoms with van der Waals surface area (Å²) in [4.78, 5) is 39.8. The zero-order chi connectivity index (χ0) is 16.8. The molecule has 0 aromatic rings. The van der Waals surface area contributed by atoms with E-state index in [1.165, 1.54) is 11.3 Å². The Hall–Kier alpha value is -1.65. The lowest BCUT2D eigenvalue weighted by molar-refractivity contribution is -0.149. The van der Waals surface area contributed by atoms with Crippen LogP contribution in [-0.2, 0) is 14.4 Å². The number of nitrogens with zero attached hydrogens (tertiary/aromatic N) is 1. The van der Waals surface area contributed by atoms with Crippen molar-refractivity contribution in [1.82, 2.24) is 10.2 Å². The molecule has 24 heavy (non-hydrogen) atoms. The molecule has 4 aliphatic rings. The molecular weight excluding hydrogens is 304 g/mol. The van der Waals surface area contributed by atoms with Gasteiger partial charge in [-0.3, -0.25) is 19.3 Å². The van der Waals surface area contributed by atoms with Gasteiger partial charge in [0.15, 0.2) is 0 Å². The van der Waals surface area contributed by atoms with E-state index in [1.54, 1.807) is 0 Å². The molecule has 0 aromatic heterocycles. The molecule has 1 saturated heterocycles. The second-order valence-corrected chi connectivity index (χ2v) is 7.81. The van der Waals surface area contributed by atoms with Crippen LogP contribution in [0.15, 0.2) is 12.2 Å². The fraction of sp³-hybridized carbons (Fsp3) is 0.737. The summed E-state index contributed by atoms with van der Waals surface area (Å²) in [7, 11) is 0. The van der Waals surface area contributed by atoms with E-state index in [4.69, 9.17) is 0 Å². The van der Waals surface area contributed by atoms with E-state index in [-0.39, 0.29) is 47.4 Å². The first-order valence-electron chi connectivity index (χ1n) is 9.47. The van der Waals surface area contributed by atoms with Crippen molar-refractivity contribution in [2.24, 2.45) is 23.7 Å². The first-order chi connectivity index (χ1) is 11.6. The highest BCUT2D eigenvalue weighted by atomic mass is 16.2. The number of nitrogens with one attached hydrogen (secondary N) is 1. The predicted octanol–water partition coefficient (Wildman–Crippen LogP) is 2.02. The number of hydrogen-bond donors (Lipinski definition) is 1. The maximum absolute atomic E-state index is 12.9. The van der Waals surface area contributed by atoms with Gasteiger partial charge in [0.2, 0.25) is 17.7 Å². The number of carbonyl (C=O) groups is 3. The number of likely N-dealkylation sites (tertiary alicyclic amines) is 1. The Kier molecular flexibility index (Phi) is 3.97. The summed E-state index contributed by atoms with van der Waals surface area (Å²) in [5, 5.41) is 3.09. The van der Waals surface area contributed by atoms with E-state index in [0.29, 0.717) is 6.42 Å². The zero-order valence-electron chi connectivity index (χ0n) is 14.2. The van der Waals surface area contributed by atoms with Crippen molar-refractivity contribution in [2.45, 2.75) is 64.0 Å². The fourth-order valence-electron chi connectivity index (χ4n) is 5.26. The summed E-state index contributed by atoms with van der Waals surface area (Å²) in [5.74, 6) is -0.430. The van der Waals surface area contributed by atoms with Crippen molar-refractivity contribution >= 4 is 17.7 Å². The molecule has 0 radical (unpaired) electrons. The van der Waals surface area contributed by atoms with Crippen LogP contribution in [0.1, 0.15) is 51.9 Å². The van der Waals surface area contributed by atoms with Crippen LogP contribution in [0, 0.1) is 23.7 Å². The molecule has 2 bridgehead atoms. The van der Waals surface area contributed by atoms with Crippen molar-refractivity contribution in [3.63, 3.8) is 0 Å². The highest BCUT2D eigenvalue weighted by Crippen LogP contribution is 2.52. The minimum absolute atomic E-state index is 0.118. The first kappa shape index (κ1) is 15.9. The zero-order valence-corrected chi connectivity index (χ0v) is 14.2. The SMILES string of the molecule is CCC(C(=O)NC1CCCCC1)N1C(=O)C2C3C=CC(C3)C2C1=O. The lowest BCUT2D eigenvalue weighted by atomic mass is 9.85. The number of hydrogen-bond acceptors (Lipinski definition) is 3. The standard InChI is InChI=1S/C19H26N2O3/c1-2-14(17(22)20-13-6-4-3-5-7-13)21-18(23)15-11-8-9-12(10-11)16(15)19(21)24/h8-9,11-16H,2-7,10H2,1H3,(H,20,22). The Morgan fingerprint density at radius 2 is 1.71 bits per heavy atom. The number of amides is 3. The van der Waals surface area contributed by atoms with Crippen molar-refractivity contribution in [3.8, 4) is 0 Å². The van der Waals surface area contributed by atoms with E-state index in [9.17, 15) is 14.4 Å². The van der Waals surface area contributed by atoms with Crippen molar-refractivity contribution < 1.29 is 14.4 Å². The lowest BCUT2D eigenvalue weighted by Gasteiger charge is -2.29. The molecular formula is C19H26N2O3. The number of rotatable bonds is 4. The molecule has 0 aromatic carbocycles. The largest absolute Gasteiger partial charge is 0.352 e.